The second kappa shape index (κ2) is 9.46. The molecule has 1 fully saturated rings. The molecule has 0 unspecified atom stereocenters. The summed E-state index contributed by atoms with van der Waals surface area (Å²) in [4.78, 5) is 4.51. The van der Waals surface area contributed by atoms with Gasteiger partial charge in [0, 0.05) is 47.0 Å². The van der Waals surface area contributed by atoms with Crippen LogP contribution in [-0.4, -0.2) is 41.4 Å². The van der Waals surface area contributed by atoms with Gasteiger partial charge in [0.05, 0.1) is 22.3 Å². The van der Waals surface area contributed by atoms with Crippen LogP contribution in [0.1, 0.15) is 24.1 Å². The monoisotopic (exact) mass is 492 g/mol. The molecule has 2 atom stereocenters. The summed E-state index contributed by atoms with van der Waals surface area (Å²) in [6, 6.07) is 16.9. The average molecular weight is 494 g/mol. The molecular formula is C24H25Cl3N3O2+. The molecule has 1 aromatic heterocycles. The highest BCUT2D eigenvalue weighted by atomic mass is 35.5. The number of β-amino-alcohol motifs (C(OH)–C–C–N with tert-alkyl or cyclic N) is 1. The van der Waals surface area contributed by atoms with Crippen LogP contribution in [-0.2, 0) is 5.60 Å². The minimum absolute atomic E-state index is 0.00837. The Morgan fingerprint density at radius 3 is 2.44 bits per heavy atom. The van der Waals surface area contributed by atoms with Gasteiger partial charge in [-0.15, -0.1) is 0 Å². The lowest BCUT2D eigenvalue weighted by atomic mass is 9.95. The van der Waals surface area contributed by atoms with E-state index in [1.54, 1.807) is 19.1 Å². The van der Waals surface area contributed by atoms with Crippen molar-refractivity contribution in [3.05, 3.63) is 93.2 Å². The van der Waals surface area contributed by atoms with Gasteiger partial charge in [-0.2, -0.15) is 0 Å². The largest absolute Gasteiger partial charge is 0.384 e. The Labute approximate surface area is 202 Å². The third kappa shape index (κ3) is 5.13. The summed E-state index contributed by atoms with van der Waals surface area (Å²) in [5, 5.41) is 22.8. The molecule has 3 aromatic rings. The van der Waals surface area contributed by atoms with Crippen LogP contribution in [0, 0.1) is 0 Å². The molecule has 2 N–H and O–H groups in total. The summed E-state index contributed by atoms with van der Waals surface area (Å²) in [5.74, 6) is 0. The smallest absolute Gasteiger partial charge is 0.228 e. The molecule has 5 nitrogen and oxygen atoms in total. The van der Waals surface area contributed by atoms with Crippen LogP contribution in [0.4, 0.5) is 5.69 Å². The molecule has 0 aliphatic carbocycles. The molecule has 1 aliphatic heterocycles. The lowest BCUT2D eigenvalue weighted by molar-refractivity contribution is -0.905. The number of rotatable bonds is 5. The maximum atomic E-state index is 11.2. The highest BCUT2D eigenvalue weighted by molar-refractivity contribution is 6.36. The van der Waals surface area contributed by atoms with Crippen molar-refractivity contribution in [2.45, 2.75) is 18.6 Å². The molecule has 2 heterocycles. The summed E-state index contributed by atoms with van der Waals surface area (Å²) in [7, 11) is 0. The molecule has 1 saturated heterocycles. The number of anilines is 1. The quantitative estimate of drug-likeness (QED) is 0.390. The average Bonchev–Trinajstić information content (AvgIpc) is 2.74. The molecule has 32 heavy (non-hydrogen) atoms. The van der Waals surface area contributed by atoms with E-state index in [-0.39, 0.29) is 6.04 Å². The lowest BCUT2D eigenvalue weighted by Crippen LogP contribution is -2.52. The van der Waals surface area contributed by atoms with Gasteiger partial charge in [-0.1, -0.05) is 46.9 Å². The van der Waals surface area contributed by atoms with Crippen molar-refractivity contribution in [3.63, 3.8) is 0 Å². The van der Waals surface area contributed by atoms with Crippen molar-refractivity contribution < 1.29 is 15.0 Å². The van der Waals surface area contributed by atoms with Crippen LogP contribution in [0.3, 0.4) is 0 Å². The SMILES string of the molecule is C[C@@](O)(CN1CCN(c2ccc(Cl)cc2Cl)[C@H](c2ccc(Cl)cc2)C1)c1ccc[n+](O)c1. The molecule has 0 spiro atoms. The van der Waals surface area contributed by atoms with Gasteiger partial charge < -0.3 is 10.0 Å². The van der Waals surface area contributed by atoms with Crippen molar-refractivity contribution in [2.75, 3.05) is 31.1 Å². The highest BCUT2D eigenvalue weighted by Gasteiger charge is 2.35. The van der Waals surface area contributed by atoms with Gasteiger partial charge in [0.25, 0.3) is 0 Å². The zero-order valence-corrected chi connectivity index (χ0v) is 19.9. The number of hydrogen-bond donors (Lipinski definition) is 2. The van der Waals surface area contributed by atoms with Crippen LogP contribution in [0.5, 0.6) is 0 Å². The summed E-state index contributed by atoms with van der Waals surface area (Å²) >= 11 is 18.8. The first-order valence-corrected chi connectivity index (χ1v) is 11.5. The standard InChI is InChI=1S/C24H25Cl3N3O2/c1-24(31,18-3-2-10-29(32)14-18)16-28-11-12-30(22-9-8-20(26)13-21(22)27)23(15-28)17-4-6-19(25)7-5-17/h2-10,13-14,23,31-32H,11-12,15-16H2,1H3/q+1/t23-,24+/m0/s1. The minimum Gasteiger partial charge on any atom is -0.384 e. The predicted molar refractivity (Wildman–Crippen MR) is 128 cm³/mol. The van der Waals surface area contributed by atoms with E-state index >= 15 is 0 Å². The van der Waals surface area contributed by atoms with E-state index in [4.69, 9.17) is 34.8 Å². The van der Waals surface area contributed by atoms with Crippen LogP contribution in [0.15, 0.2) is 67.0 Å². The molecule has 0 bridgehead atoms. The predicted octanol–water partition coefficient (Wildman–Crippen LogP) is 4.94. The first kappa shape index (κ1) is 23.1. The Balaban J connectivity index is 1.62. The van der Waals surface area contributed by atoms with E-state index in [0.29, 0.717) is 33.7 Å². The molecule has 0 saturated carbocycles. The van der Waals surface area contributed by atoms with Gasteiger partial charge in [-0.05, 0) is 48.9 Å². The van der Waals surface area contributed by atoms with E-state index in [2.05, 4.69) is 9.80 Å². The van der Waals surface area contributed by atoms with Crippen LogP contribution in [0.2, 0.25) is 15.1 Å². The number of benzene rings is 2. The molecule has 168 valence electrons. The zero-order chi connectivity index (χ0) is 22.9. The molecular weight excluding hydrogens is 469 g/mol. The second-order valence-corrected chi connectivity index (χ2v) is 9.62. The first-order chi connectivity index (χ1) is 15.2. The van der Waals surface area contributed by atoms with Crippen LogP contribution < -0.4 is 9.63 Å². The third-order valence-electron chi connectivity index (χ3n) is 5.88. The number of piperazine rings is 1. The normalized spacial score (nSPS) is 19.0. The fourth-order valence-corrected chi connectivity index (χ4v) is 4.91. The Hall–Kier alpha value is -2.02. The zero-order valence-electron chi connectivity index (χ0n) is 17.6. The molecule has 2 aromatic carbocycles. The Kier molecular flexibility index (Phi) is 6.84. The molecule has 0 amide bonds. The number of hydrogen-bond acceptors (Lipinski definition) is 4. The van der Waals surface area contributed by atoms with Crippen molar-refractivity contribution in [1.82, 2.24) is 4.90 Å². The maximum Gasteiger partial charge on any atom is 0.228 e. The topological polar surface area (TPSA) is 50.8 Å². The van der Waals surface area contributed by atoms with Crippen LogP contribution >= 0.6 is 34.8 Å². The van der Waals surface area contributed by atoms with Gasteiger partial charge in [0.15, 0.2) is 0 Å². The highest BCUT2D eigenvalue weighted by Crippen LogP contribution is 2.37. The summed E-state index contributed by atoms with van der Waals surface area (Å²) in [6.45, 7) is 4.33. The van der Waals surface area contributed by atoms with Gasteiger partial charge in [-0.3, -0.25) is 10.1 Å². The van der Waals surface area contributed by atoms with E-state index in [9.17, 15) is 10.3 Å². The Morgan fingerprint density at radius 2 is 1.75 bits per heavy atom. The Bertz CT molecular complexity index is 1090. The number of nitrogens with zero attached hydrogens (tertiary/aromatic N) is 3. The molecule has 8 heteroatoms. The molecule has 4 rings (SSSR count). The molecule has 0 radical (unpaired) electrons. The summed E-state index contributed by atoms with van der Waals surface area (Å²) < 4.78 is 0.959. The second-order valence-electron chi connectivity index (χ2n) is 8.34. The number of aliphatic hydroxyl groups is 1. The number of halogens is 3. The van der Waals surface area contributed by atoms with E-state index in [0.717, 1.165) is 29.1 Å². The Morgan fingerprint density at radius 1 is 1.03 bits per heavy atom. The third-order valence-corrected chi connectivity index (χ3v) is 6.67. The van der Waals surface area contributed by atoms with E-state index in [1.807, 2.05) is 42.5 Å². The fourth-order valence-electron chi connectivity index (χ4n) is 4.26. The maximum absolute atomic E-state index is 11.2. The lowest BCUT2D eigenvalue weighted by Gasteiger charge is -2.45. The van der Waals surface area contributed by atoms with Gasteiger partial charge in [0.2, 0.25) is 12.4 Å². The number of pyridine rings is 1. The van der Waals surface area contributed by atoms with Crippen molar-refractivity contribution in [1.29, 1.82) is 0 Å². The summed E-state index contributed by atoms with van der Waals surface area (Å²) in [6.07, 6.45) is 3.05. The molecule has 1 aliphatic rings. The van der Waals surface area contributed by atoms with Gasteiger partial charge >= 0.3 is 0 Å². The van der Waals surface area contributed by atoms with Crippen molar-refractivity contribution >= 4 is 40.5 Å². The van der Waals surface area contributed by atoms with E-state index < -0.39 is 5.60 Å². The van der Waals surface area contributed by atoms with Crippen molar-refractivity contribution in [3.8, 4) is 0 Å². The first-order valence-electron chi connectivity index (χ1n) is 10.4. The summed E-state index contributed by atoms with van der Waals surface area (Å²) in [5.41, 5.74) is 1.55. The van der Waals surface area contributed by atoms with Crippen LogP contribution in [0.25, 0.3) is 0 Å². The van der Waals surface area contributed by atoms with Crippen molar-refractivity contribution in [2.24, 2.45) is 0 Å². The fraction of sp³-hybridized carbons (Fsp3) is 0.292. The van der Waals surface area contributed by atoms with E-state index in [1.165, 1.54) is 12.4 Å². The van der Waals surface area contributed by atoms with Gasteiger partial charge in [0.1, 0.15) is 5.60 Å². The van der Waals surface area contributed by atoms with Gasteiger partial charge in [-0.25, -0.2) is 0 Å². The minimum atomic E-state index is -1.13. The number of aromatic nitrogens is 1.